The van der Waals surface area contributed by atoms with Crippen LogP contribution in [-0.2, 0) is 25.7 Å². The molecule has 4 nitrogen and oxygen atoms in total. The van der Waals surface area contributed by atoms with Gasteiger partial charge in [0.1, 0.15) is 6.61 Å². The van der Waals surface area contributed by atoms with Gasteiger partial charge in [0, 0.05) is 12.8 Å². The zero-order valence-corrected chi connectivity index (χ0v) is 12.9. The topological polar surface area (TPSA) is 52.6 Å². The second-order valence-electron chi connectivity index (χ2n) is 5.07. The van der Waals surface area contributed by atoms with E-state index in [2.05, 4.69) is 0 Å². The summed E-state index contributed by atoms with van der Waals surface area (Å²) in [7, 11) is 0. The van der Waals surface area contributed by atoms with Gasteiger partial charge in [-0.05, 0) is 25.3 Å². The second kappa shape index (κ2) is 9.97. The van der Waals surface area contributed by atoms with E-state index in [-0.39, 0.29) is 31.4 Å². The summed E-state index contributed by atoms with van der Waals surface area (Å²) >= 11 is 0. The van der Waals surface area contributed by atoms with Crippen LogP contribution < -0.4 is 0 Å². The second-order valence-corrected chi connectivity index (χ2v) is 5.07. The minimum Gasteiger partial charge on any atom is -0.466 e. The summed E-state index contributed by atoms with van der Waals surface area (Å²) < 4.78 is 10.2. The van der Waals surface area contributed by atoms with Crippen LogP contribution in [0.1, 0.15) is 50.2 Å². The Kier molecular flexibility index (Phi) is 8.17. The standard InChI is InChI=1S/C17H24O4/c1-3-4-12-20-16(18)6-5-7-17(19)21-13-15-10-8-14(2)9-11-15/h8-11H,3-7,12-13H2,1-2H3. The van der Waals surface area contributed by atoms with E-state index in [1.165, 1.54) is 5.56 Å². The summed E-state index contributed by atoms with van der Waals surface area (Å²) in [6.45, 7) is 4.79. The zero-order chi connectivity index (χ0) is 15.5. The smallest absolute Gasteiger partial charge is 0.306 e. The van der Waals surface area contributed by atoms with Crippen molar-refractivity contribution in [1.29, 1.82) is 0 Å². The number of unbranched alkanes of at least 4 members (excludes halogenated alkanes) is 1. The molecule has 0 amide bonds. The number of hydrogen-bond acceptors (Lipinski definition) is 4. The lowest BCUT2D eigenvalue weighted by atomic mass is 10.2. The van der Waals surface area contributed by atoms with Crippen molar-refractivity contribution in [2.24, 2.45) is 0 Å². The lowest BCUT2D eigenvalue weighted by molar-refractivity contribution is -0.146. The summed E-state index contributed by atoms with van der Waals surface area (Å²) in [5.74, 6) is -0.522. The third-order valence-electron chi connectivity index (χ3n) is 3.04. The molecule has 1 rings (SSSR count). The SMILES string of the molecule is CCCCOC(=O)CCCC(=O)OCc1ccc(C)cc1. The van der Waals surface area contributed by atoms with Crippen LogP contribution in [0.15, 0.2) is 24.3 Å². The molecule has 1 aromatic carbocycles. The maximum Gasteiger partial charge on any atom is 0.306 e. The van der Waals surface area contributed by atoms with Crippen molar-refractivity contribution in [1.82, 2.24) is 0 Å². The fourth-order valence-electron chi connectivity index (χ4n) is 1.70. The normalized spacial score (nSPS) is 10.2. The predicted octanol–water partition coefficient (Wildman–Crippen LogP) is 3.55. The molecule has 0 bridgehead atoms. The van der Waals surface area contributed by atoms with E-state index in [4.69, 9.17) is 9.47 Å². The first-order chi connectivity index (χ1) is 10.1. The van der Waals surface area contributed by atoms with Crippen molar-refractivity contribution in [2.75, 3.05) is 6.61 Å². The highest BCUT2D eigenvalue weighted by Gasteiger charge is 2.07. The van der Waals surface area contributed by atoms with Gasteiger partial charge in [-0.15, -0.1) is 0 Å². The van der Waals surface area contributed by atoms with Gasteiger partial charge in [0.05, 0.1) is 6.61 Å². The van der Waals surface area contributed by atoms with Crippen LogP contribution in [0.2, 0.25) is 0 Å². The van der Waals surface area contributed by atoms with Crippen molar-refractivity contribution in [2.45, 2.75) is 52.6 Å². The largest absolute Gasteiger partial charge is 0.466 e. The highest BCUT2D eigenvalue weighted by Crippen LogP contribution is 2.06. The fraction of sp³-hybridized carbons (Fsp3) is 0.529. The van der Waals surface area contributed by atoms with E-state index < -0.39 is 0 Å². The van der Waals surface area contributed by atoms with Gasteiger partial charge in [-0.2, -0.15) is 0 Å². The van der Waals surface area contributed by atoms with E-state index in [1.54, 1.807) is 0 Å². The number of aryl methyl sites for hydroxylation is 1. The maximum atomic E-state index is 11.6. The van der Waals surface area contributed by atoms with Crippen LogP contribution in [0.4, 0.5) is 0 Å². The fourth-order valence-corrected chi connectivity index (χ4v) is 1.70. The number of rotatable bonds is 9. The van der Waals surface area contributed by atoms with Crippen LogP contribution in [0.5, 0.6) is 0 Å². The molecule has 116 valence electrons. The van der Waals surface area contributed by atoms with Gasteiger partial charge >= 0.3 is 11.9 Å². The van der Waals surface area contributed by atoms with Gasteiger partial charge in [0.15, 0.2) is 0 Å². The van der Waals surface area contributed by atoms with Gasteiger partial charge in [-0.3, -0.25) is 9.59 Å². The average molecular weight is 292 g/mol. The molecule has 0 saturated carbocycles. The minimum atomic E-state index is -0.281. The molecule has 0 unspecified atom stereocenters. The minimum absolute atomic E-state index is 0.241. The Bertz CT molecular complexity index is 437. The van der Waals surface area contributed by atoms with E-state index in [1.807, 2.05) is 38.1 Å². The first-order valence-corrected chi connectivity index (χ1v) is 7.48. The van der Waals surface area contributed by atoms with Crippen LogP contribution in [0, 0.1) is 6.92 Å². The van der Waals surface area contributed by atoms with Crippen molar-refractivity contribution < 1.29 is 19.1 Å². The summed E-state index contributed by atoms with van der Waals surface area (Å²) in [4.78, 5) is 22.9. The molecule has 0 aromatic heterocycles. The van der Waals surface area contributed by atoms with Crippen LogP contribution in [-0.4, -0.2) is 18.5 Å². The average Bonchev–Trinajstić information content (AvgIpc) is 2.47. The Morgan fingerprint density at radius 2 is 1.57 bits per heavy atom. The molecule has 4 heteroatoms. The molecule has 0 aliphatic carbocycles. The van der Waals surface area contributed by atoms with E-state index >= 15 is 0 Å². The van der Waals surface area contributed by atoms with Gasteiger partial charge in [0.25, 0.3) is 0 Å². The van der Waals surface area contributed by atoms with Crippen molar-refractivity contribution in [3.05, 3.63) is 35.4 Å². The molecule has 0 spiro atoms. The third kappa shape index (κ3) is 8.12. The van der Waals surface area contributed by atoms with E-state index in [0.29, 0.717) is 13.0 Å². The van der Waals surface area contributed by atoms with Gasteiger partial charge in [0.2, 0.25) is 0 Å². The molecular formula is C17H24O4. The van der Waals surface area contributed by atoms with E-state index in [9.17, 15) is 9.59 Å². The Morgan fingerprint density at radius 3 is 2.19 bits per heavy atom. The molecule has 0 N–H and O–H groups in total. The number of esters is 2. The molecule has 0 radical (unpaired) electrons. The molecule has 0 fully saturated rings. The number of carbonyl (C=O) groups excluding carboxylic acids is 2. The predicted molar refractivity (Wildman–Crippen MR) is 80.7 cm³/mol. The number of hydrogen-bond donors (Lipinski definition) is 0. The Labute approximate surface area is 126 Å². The molecule has 0 aliphatic rings. The summed E-state index contributed by atoms with van der Waals surface area (Å²) in [5.41, 5.74) is 2.14. The van der Waals surface area contributed by atoms with Crippen LogP contribution >= 0.6 is 0 Å². The Balaban J connectivity index is 2.11. The van der Waals surface area contributed by atoms with Crippen molar-refractivity contribution in [3.63, 3.8) is 0 Å². The van der Waals surface area contributed by atoms with E-state index in [0.717, 1.165) is 18.4 Å². The Hall–Kier alpha value is -1.84. The quantitative estimate of drug-likeness (QED) is 0.516. The third-order valence-corrected chi connectivity index (χ3v) is 3.04. The summed E-state index contributed by atoms with van der Waals surface area (Å²) in [6, 6.07) is 7.84. The molecule has 0 saturated heterocycles. The van der Waals surface area contributed by atoms with Crippen molar-refractivity contribution >= 4 is 11.9 Å². The summed E-state index contributed by atoms with van der Waals surface area (Å²) in [5, 5.41) is 0. The number of ether oxygens (including phenoxy) is 2. The lowest BCUT2D eigenvalue weighted by Gasteiger charge is -2.06. The van der Waals surface area contributed by atoms with Gasteiger partial charge in [-0.1, -0.05) is 43.2 Å². The van der Waals surface area contributed by atoms with Gasteiger partial charge in [-0.25, -0.2) is 0 Å². The molecule has 21 heavy (non-hydrogen) atoms. The molecule has 0 heterocycles. The lowest BCUT2D eigenvalue weighted by Crippen LogP contribution is -2.08. The zero-order valence-electron chi connectivity index (χ0n) is 12.9. The maximum absolute atomic E-state index is 11.6. The molecular weight excluding hydrogens is 268 g/mol. The van der Waals surface area contributed by atoms with Crippen molar-refractivity contribution in [3.8, 4) is 0 Å². The molecule has 0 atom stereocenters. The Morgan fingerprint density at radius 1 is 0.952 bits per heavy atom. The first kappa shape index (κ1) is 17.2. The monoisotopic (exact) mass is 292 g/mol. The number of carbonyl (C=O) groups is 2. The highest BCUT2D eigenvalue weighted by molar-refractivity contribution is 5.72. The molecule has 0 aliphatic heterocycles. The van der Waals surface area contributed by atoms with Crippen LogP contribution in [0.25, 0.3) is 0 Å². The first-order valence-electron chi connectivity index (χ1n) is 7.48. The highest BCUT2D eigenvalue weighted by atomic mass is 16.5. The number of benzene rings is 1. The molecule has 1 aromatic rings. The van der Waals surface area contributed by atoms with Gasteiger partial charge < -0.3 is 9.47 Å². The summed E-state index contributed by atoms with van der Waals surface area (Å²) in [6.07, 6.45) is 2.86. The van der Waals surface area contributed by atoms with Crippen LogP contribution in [0.3, 0.4) is 0 Å².